The molecule has 0 saturated carbocycles. The van der Waals surface area contributed by atoms with Gasteiger partial charge in [-0.2, -0.15) is 5.10 Å². The number of hydrogen-bond donors (Lipinski definition) is 1. The first-order valence-corrected chi connectivity index (χ1v) is 9.30. The third-order valence-corrected chi connectivity index (χ3v) is 5.78. The fourth-order valence-corrected chi connectivity index (χ4v) is 3.63. The minimum absolute atomic E-state index is 0. The zero-order chi connectivity index (χ0) is 18.8. The molecule has 0 saturated heterocycles. The lowest BCUT2D eigenvalue weighted by Crippen LogP contribution is -2.22. The van der Waals surface area contributed by atoms with Crippen molar-refractivity contribution in [2.45, 2.75) is 18.4 Å². The minimum atomic E-state index is -3.57. The molecule has 0 aliphatic heterocycles. The monoisotopic (exact) mass is 422 g/mol. The molecule has 1 aromatic heterocycles. The van der Waals surface area contributed by atoms with Gasteiger partial charge in [-0.05, 0) is 30.7 Å². The topological polar surface area (TPSA) is 81.2 Å². The molecule has 0 amide bonds. The summed E-state index contributed by atoms with van der Waals surface area (Å²) in [5.41, 5.74) is 7.09. The van der Waals surface area contributed by atoms with Gasteiger partial charge in [-0.15, -0.1) is 12.4 Å². The van der Waals surface area contributed by atoms with Gasteiger partial charge in [0.2, 0.25) is 10.0 Å². The fourth-order valence-electron chi connectivity index (χ4n) is 2.35. The highest BCUT2D eigenvalue weighted by molar-refractivity contribution is 7.89. The molecule has 2 rings (SSSR count). The normalized spacial score (nSPS) is 12.3. The van der Waals surface area contributed by atoms with Gasteiger partial charge in [0.1, 0.15) is 5.83 Å². The van der Waals surface area contributed by atoms with Gasteiger partial charge in [-0.3, -0.25) is 4.68 Å². The van der Waals surface area contributed by atoms with E-state index >= 15 is 0 Å². The molecule has 0 radical (unpaired) electrons. The van der Waals surface area contributed by atoms with Gasteiger partial charge in [0.05, 0.1) is 11.4 Å². The van der Waals surface area contributed by atoms with E-state index in [4.69, 9.17) is 17.3 Å². The highest BCUT2D eigenvalue weighted by Gasteiger charge is 2.20. The van der Waals surface area contributed by atoms with Crippen LogP contribution in [0.5, 0.6) is 0 Å². The van der Waals surface area contributed by atoms with Crippen molar-refractivity contribution in [3.05, 3.63) is 47.0 Å². The lowest BCUT2D eigenvalue weighted by atomic mass is 10.1. The van der Waals surface area contributed by atoms with Crippen LogP contribution < -0.4 is 5.73 Å². The summed E-state index contributed by atoms with van der Waals surface area (Å²) in [6, 6.07) is 6.41. The van der Waals surface area contributed by atoms with Crippen molar-refractivity contribution in [3.63, 3.8) is 0 Å². The maximum atomic E-state index is 13.7. The Morgan fingerprint density at radius 2 is 2.08 bits per heavy atom. The zero-order valence-electron chi connectivity index (χ0n) is 14.6. The van der Waals surface area contributed by atoms with Crippen molar-refractivity contribution in [1.82, 2.24) is 14.1 Å². The number of allylic oxidation sites excluding steroid dienone is 1. The van der Waals surface area contributed by atoms with Crippen molar-refractivity contribution in [2.75, 3.05) is 20.6 Å². The second-order valence-electron chi connectivity index (χ2n) is 5.61. The number of nitrogens with two attached hydrogens (primary N) is 1. The van der Waals surface area contributed by atoms with Crippen LogP contribution in [0.15, 0.2) is 41.1 Å². The Morgan fingerprint density at radius 1 is 1.42 bits per heavy atom. The Kier molecular flexibility index (Phi) is 7.79. The van der Waals surface area contributed by atoms with Crippen LogP contribution >= 0.6 is 24.0 Å². The predicted octanol–water partition coefficient (Wildman–Crippen LogP) is 3.00. The van der Waals surface area contributed by atoms with Crippen molar-refractivity contribution >= 4 is 34.0 Å². The molecular formula is C16H21Cl2FN4O2S. The van der Waals surface area contributed by atoms with Crippen molar-refractivity contribution in [2.24, 2.45) is 5.73 Å². The molecule has 0 unspecified atom stereocenters. The van der Waals surface area contributed by atoms with Gasteiger partial charge in [-0.25, -0.2) is 17.1 Å². The Balaban J connectivity index is 0.00000338. The number of halogens is 3. The molecule has 6 nitrogen and oxygen atoms in total. The largest absolute Gasteiger partial charge is 0.327 e. The molecule has 0 spiro atoms. The highest BCUT2D eigenvalue weighted by Crippen LogP contribution is 2.32. The number of aromatic nitrogens is 2. The maximum Gasteiger partial charge on any atom is 0.242 e. The fraction of sp³-hybridized carbons (Fsp3) is 0.312. The van der Waals surface area contributed by atoms with E-state index in [1.54, 1.807) is 19.1 Å². The summed E-state index contributed by atoms with van der Waals surface area (Å²) >= 11 is 6.22. The zero-order valence-corrected chi connectivity index (χ0v) is 17.0. The van der Waals surface area contributed by atoms with E-state index in [0.717, 1.165) is 4.31 Å². The molecule has 1 heterocycles. The Hall–Kier alpha value is -1.45. The second kappa shape index (κ2) is 8.96. The van der Waals surface area contributed by atoms with Gasteiger partial charge in [-0.1, -0.05) is 23.7 Å². The summed E-state index contributed by atoms with van der Waals surface area (Å²) in [6.45, 7) is 1.76. The van der Waals surface area contributed by atoms with Gasteiger partial charge < -0.3 is 5.73 Å². The summed E-state index contributed by atoms with van der Waals surface area (Å²) in [5.74, 6) is -0.416. The van der Waals surface area contributed by atoms with Crippen LogP contribution in [0.2, 0.25) is 5.15 Å². The van der Waals surface area contributed by atoms with Crippen LogP contribution in [-0.2, 0) is 16.6 Å². The van der Waals surface area contributed by atoms with E-state index in [1.807, 2.05) is 0 Å². The van der Waals surface area contributed by atoms with Crippen molar-refractivity contribution in [3.8, 4) is 11.1 Å². The quantitative estimate of drug-likeness (QED) is 0.775. The molecule has 1 aromatic carbocycles. The first-order chi connectivity index (χ1) is 11.7. The highest BCUT2D eigenvalue weighted by atomic mass is 35.5. The second-order valence-corrected chi connectivity index (χ2v) is 8.12. The standard InChI is InChI=1S/C16H20ClFN4O2S.ClH/c1-11-15(16(17)20-22(11)10-13(18)7-8-19)12-5-4-6-14(9-12)25(23,24)21(2)3;/h4-7,9H,8,10,19H2,1-3H3;1H. The van der Waals surface area contributed by atoms with E-state index in [-0.39, 0.29) is 35.5 Å². The maximum absolute atomic E-state index is 13.7. The van der Waals surface area contributed by atoms with Gasteiger partial charge >= 0.3 is 0 Å². The lowest BCUT2D eigenvalue weighted by molar-refractivity contribution is 0.519. The van der Waals surface area contributed by atoms with Crippen molar-refractivity contribution < 1.29 is 12.8 Å². The summed E-state index contributed by atoms with van der Waals surface area (Å²) in [6.07, 6.45) is 1.26. The van der Waals surface area contributed by atoms with Crippen LogP contribution in [0.4, 0.5) is 4.39 Å². The third kappa shape index (κ3) is 4.63. The van der Waals surface area contributed by atoms with Crippen LogP contribution in [0, 0.1) is 6.92 Å². The molecule has 26 heavy (non-hydrogen) atoms. The van der Waals surface area contributed by atoms with E-state index in [9.17, 15) is 12.8 Å². The van der Waals surface area contributed by atoms with Crippen LogP contribution in [0.3, 0.4) is 0 Å². The average molecular weight is 423 g/mol. The smallest absolute Gasteiger partial charge is 0.242 e. The number of benzene rings is 1. The Bertz CT molecular complexity index is 911. The summed E-state index contributed by atoms with van der Waals surface area (Å²) in [7, 11) is -0.646. The molecule has 0 bridgehead atoms. The third-order valence-electron chi connectivity index (χ3n) is 3.71. The minimum Gasteiger partial charge on any atom is -0.327 e. The lowest BCUT2D eigenvalue weighted by Gasteiger charge is -2.12. The molecule has 2 aromatic rings. The van der Waals surface area contributed by atoms with Gasteiger partial charge in [0, 0.05) is 31.9 Å². The van der Waals surface area contributed by atoms with E-state index < -0.39 is 15.9 Å². The van der Waals surface area contributed by atoms with E-state index in [0.29, 0.717) is 16.8 Å². The van der Waals surface area contributed by atoms with Crippen LogP contribution in [0.25, 0.3) is 11.1 Å². The van der Waals surface area contributed by atoms with E-state index in [1.165, 1.54) is 37.0 Å². The molecule has 10 heteroatoms. The first kappa shape index (κ1) is 22.6. The van der Waals surface area contributed by atoms with Crippen LogP contribution in [-0.4, -0.2) is 43.1 Å². The molecule has 0 aliphatic rings. The molecular weight excluding hydrogens is 402 g/mol. The van der Waals surface area contributed by atoms with Crippen LogP contribution in [0.1, 0.15) is 5.69 Å². The Morgan fingerprint density at radius 3 is 2.65 bits per heavy atom. The molecule has 0 fully saturated rings. The number of sulfonamides is 1. The Labute approximate surface area is 163 Å². The number of nitrogens with zero attached hydrogens (tertiary/aromatic N) is 3. The van der Waals surface area contributed by atoms with E-state index in [2.05, 4.69) is 5.10 Å². The number of rotatable bonds is 6. The molecule has 2 N–H and O–H groups in total. The molecule has 144 valence electrons. The average Bonchev–Trinajstić information content (AvgIpc) is 2.81. The summed E-state index contributed by atoms with van der Waals surface area (Å²) in [4.78, 5) is 0.146. The van der Waals surface area contributed by atoms with Gasteiger partial charge in [0.15, 0.2) is 5.15 Å². The predicted molar refractivity (Wildman–Crippen MR) is 104 cm³/mol. The summed E-state index contributed by atoms with van der Waals surface area (Å²) in [5, 5.41) is 4.31. The molecule has 0 aliphatic carbocycles. The number of hydrogen-bond acceptors (Lipinski definition) is 4. The van der Waals surface area contributed by atoms with Crippen molar-refractivity contribution in [1.29, 1.82) is 0 Å². The first-order valence-electron chi connectivity index (χ1n) is 7.49. The van der Waals surface area contributed by atoms with Gasteiger partial charge in [0.25, 0.3) is 0 Å². The summed E-state index contributed by atoms with van der Waals surface area (Å²) < 4.78 is 40.9. The molecule has 0 atom stereocenters. The SMILES string of the molecule is Cc1c(-c2cccc(S(=O)(=O)N(C)C)c2)c(Cl)nn1CC(F)=CCN.Cl.